The van der Waals surface area contributed by atoms with Crippen LogP contribution in [0.2, 0.25) is 0 Å². The van der Waals surface area contributed by atoms with Gasteiger partial charge >= 0.3 is 35.5 Å². The number of anilines is 2. The van der Waals surface area contributed by atoms with Crippen molar-refractivity contribution in [2.75, 3.05) is 11.1 Å². The van der Waals surface area contributed by atoms with Gasteiger partial charge in [-0.1, -0.05) is 0 Å². The Morgan fingerprint density at radius 2 is 2.06 bits per heavy atom. The first-order valence-corrected chi connectivity index (χ1v) is 3.75. The number of hydrogen-bond acceptors (Lipinski definition) is 4. The summed E-state index contributed by atoms with van der Waals surface area (Å²) in [5.74, 6) is 3.83. The Bertz CT molecular complexity index is 384. The molecule has 0 saturated carbocycles. The molecule has 16 heavy (non-hydrogen) atoms. The first-order valence-electron chi connectivity index (χ1n) is 3.75. The van der Waals surface area contributed by atoms with Gasteiger partial charge in [0.1, 0.15) is 6.34 Å². The van der Waals surface area contributed by atoms with Crippen LogP contribution >= 0.6 is 0 Å². The van der Waals surface area contributed by atoms with Crippen LogP contribution in [0.25, 0.3) is 0 Å². The molecule has 0 aliphatic carbocycles. The van der Waals surface area contributed by atoms with Crippen LogP contribution in [-0.4, -0.2) is 52.4 Å². The number of carbonyl (C=O) groups is 1. The quantitative estimate of drug-likeness (QED) is 0.130. The SMILES string of the molecule is NN=CNc1cc(N)cc(C(=O)O)c1.O.[NaH]. The van der Waals surface area contributed by atoms with Crippen LogP contribution in [-0.2, 0) is 0 Å². The summed E-state index contributed by atoms with van der Waals surface area (Å²) in [5, 5.41) is 14.6. The van der Waals surface area contributed by atoms with Crippen molar-refractivity contribution in [1.29, 1.82) is 0 Å². The molecule has 1 aromatic carbocycles. The number of carboxylic acids is 1. The maximum atomic E-state index is 10.6. The third-order valence-corrected chi connectivity index (χ3v) is 1.51. The van der Waals surface area contributed by atoms with E-state index in [1.165, 1.54) is 18.5 Å². The van der Waals surface area contributed by atoms with E-state index in [1.54, 1.807) is 6.07 Å². The summed E-state index contributed by atoms with van der Waals surface area (Å²) >= 11 is 0. The second kappa shape index (κ2) is 7.94. The van der Waals surface area contributed by atoms with Gasteiger partial charge in [-0.05, 0) is 18.2 Å². The number of nitrogens with two attached hydrogens (primary N) is 2. The topological polar surface area (TPSA) is 145 Å². The number of nitrogen functional groups attached to an aromatic ring is 1. The monoisotopic (exact) mass is 236 g/mol. The molecule has 0 heterocycles. The predicted molar refractivity (Wildman–Crippen MR) is 64.9 cm³/mol. The summed E-state index contributed by atoms with van der Waals surface area (Å²) in [6, 6.07) is 4.38. The van der Waals surface area contributed by atoms with Crippen molar-refractivity contribution in [1.82, 2.24) is 0 Å². The summed E-state index contributed by atoms with van der Waals surface area (Å²) in [5.41, 5.74) is 6.48. The zero-order valence-corrected chi connectivity index (χ0v) is 7.77. The number of hydrazone groups is 1. The maximum absolute atomic E-state index is 10.6. The Labute approximate surface area is 114 Å². The molecule has 8 N–H and O–H groups in total. The van der Waals surface area contributed by atoms with Gasteiger partial charge in [0.05, 0.1) is 5.56 Å². The van der Waals surface area contributed by atoms with Gasteiger partial charge in [-0.2, -0.15) is 5.10 Å². The molecule has 0 fully saturated rings. The van der Waals surface area contributed by atoms with Crippen LogP contribution in [0.1, 0.15) is 10.4 Å². The van der Waals surface area contributed by atoms with Crippen molar-refractivity contribution in [2.24, 2.45) is 10.9 Å². The van der Waals surface area contributed by atoms with E-state index in [1.807, 2.05) is 0 Å². The van der Waals surface area contributed by atoms with E-state index in [0.29, 0.717) is 11.4 Å². The van der Waals surface area contributed by atoms with Crippen LogP contribution in [0.15, 0.2) is 23.3 Å². The molecule has 0 saturated heterocycles. The molecule has 0 bridgehead atoms. The molecule has 84 valence electrons. The van der Waals surface area contributed by atoms with Gasteiger partial charge in [0.25, 0.3) is 0 Å². The Morgan fingerprint density at radius 3 is 2.56 bits per heavy atom. The number of rotatable bonds is 3. The van der Waals surface area contributed by atoms with Crippen molar-refractivity contribution < 1.29 is 15.4 Å². The molecule has 0 aliphatic rings. The van der Waals surface area contributed by atoms with Crippen LogP contribution in [0.4, 0.5) is 11.4 Å². The fourth-order valence-electron chi connectivity index (χ4n) is 0.970. The Morgan fingerprint density at radius 1 is 1.44 bits per heavy atom. The Balaban J connectivity index is 0. The van der Waals surface area contributed by atoms with Gasteiger partial charge in [-0.25, -0.2) is 4.79 Å². The summed E-state index contributed by atoms with van der Waals surface area (Å²) in [7, 11) is 0. The summed E-state index contributed by atoms with van der Waals surface area (Å²) in [6.45, 7) is 0. The van der Waals surface area contributed by atoms with E-state index in [-0.39, 0.29) is 40.6 Å². The van der Waals surface area contributed by atoms with Crippen molar-refractivity contribution in [3.05, 3.63) is 23.8 Å². The predicted octanol–water partition coefficient (Wildman–Crippen LogP) is -1.19. The standard InChI is InChI=1S/C8H10N4O2.Na.H2O.H/c9-6-1-5(8(13)14)2-7(3-6)11-4-12-10;;;/h1-4H,9-10H2,(H,11,12)(H,13,14);;1H2;. The number of benzene rings is 1. The summed E-state index contributed by atoms with van der Waals surface area (Å²) in [6.07, 6.45) is 1.24. The molecule has 0 aliphatic heterocycles. The van der Waals surface area contributed by atoms with Crippen molar-refractivity contribution in [3.8, 4) is 0 Å². The molecular weight excluding hydrogens is 223 g/mol. The van der Waals surface area contributed by atoms with E-state index in [0.717, 1.165) is 0 Å². The molecular formula is C8H13N4NaO3. The fraction of sp³-hybridized carbons (Fsp3) is 0. The molecule has 1 rings (SSSR count). The van der Waals surface area contributed by atoms with Gasteiger partial charge < -0.3 is 27.5 Å². The number of nitrogens with zero attached hydrogens (tertiary/aromatic N) is 1. The average molecular weight is 236 g/mol. The third kappa shape index (κ3) is 4.99. The molecule has 0 unspecified atom stereocenters. The fourth-order valence-corrected chi connectivity index (χ4v) is 0.970. The molecule has 0 aromatic heterocycles. The van der Waals surface area contributed by atoms with Crippen molar-refractivity contribution >= 4 is 53.2 Å². The van der Waals surface area contributed by atoms with Gasteiger partial charge in [0.2, 0.25) is 0 Å². The average Bonchev–Trinajstić information content (AvgIpc) is 2.14. The van der Waals surface area contributed by atoms with Gasteiger partial charge in [-0.15, -0.1) is 0 Å². The normalized spacial score (nSPS) is 9.00. The number of carboxylic acid groups (broad SMARTS) is 1. The summed E-state index contributed by atoms with van der Waals surface area (Å²) in [4.78, 5) is 10.6. The van der Waals surface area contributed by atoms with Gasteiger partial charge in [0, 0.05) is 11.4 Å². The van der Waals surface area contributed by atoms with Crippen LogP contribution in [0.5, 0.6) is 0 Å². The number of hydrogen-bond donors (Lipinski definition) is 4. The van der Waals surface area contributed by atoms with E-state index < -0.39 is 5.97 Å². The molecule has 0 atom stereocenters. The minimum atomic E-state index is -1.04. The molecule has 0 spiro atoms. The first kappa shape index (κ1) is 17.1. The second-order valence-electron chi connectivity index (χ2n) is 2.57. The second-order valence-corrected chi connectivity index (χ2v) is 2.57. The molecule has 0 amide bonds. The van der Waals surface area contributed by atoms with E-state index in [4.69, 9.17) is 16.7 Å². The first-order chi connectivity index (χ1) is 6.63. The van der Waals surface area contributed by atoms with Gasteiger partial charge in [-0.3, -0.25) is 0 Å². The molecule has 0 radical (unpaired) electrons. The van der Waals surface area contributed by atoms with Crippen LogP contribution in [0.3, 0.4) is 0 Å². The van der Waals surface area contributed by atoms with Crippen LogP contribution < -0.4 is 16.9 Å². The molecule has 7 nitrogen and oxygen atoms in total. The van der Waals surface area contributed by atoms with Gasteiger partial charge in [0.15, 0.2) is 0 Å². The van der Waals surface area contributed by atoms with E-state index >= 15 is 0 Å². The zero-order chi connectivity index (χ0) is 10.6. The Hall–Kier alpha value is -1.28. The van der Waals surface area contributed by atoms with Crippen LogP contribution in [0, 0.1) is 0 Å². The zero-order valence-electron chi connectivity index (χ0n) is 7.77. The number of aromatic carboxylic acids is 1. The van der Waals surface area contributed by atoms with Crippen molar-refractivity contribution in [2.45, 2.75) is 0 Å². The molecule has 8 heteroatoms. The molecule has 1 aromatic rings. The minimum absolute atomic E-state index is 0. The van der Waals surface area contributed by atoms with Crippen molar-refractivity contribution in [3.63, 3.8) is 0 Å². The Kier molecular flexibility index (Phi) is 8.50. The summed E-state index contributed by atoms with van der Waals surface area (Å²) < 4.78 is 0. The number of nitrogens with one attached hydrogen (secondary N) is 1. The van der Waals surface area contributed by atoms with E-state index in [9.17, 15) is 4.79 Å². The third-order valence-electron chi connectivity index (χ3n) is 1.51. The van der Waals surface area contributed by atoms with E-state index in [2.05, 4.69) is 10.4 Å².